The van der Waals surface area contributed by atoms with Crippen LogP contribution < -0.4 is 5.32 Å². The van der Waals surface area contributed by atoms with Gasteiger partial charge in [0.25, 0.3) is 0 Å². The molecular weight excluding hydrogens is 506 g/mol. The Kier molecular flexibility index (Phi) is 6.49. The number of hydrogen-bond acceptors (Lipinski definition) is 2. The molecule has 39 heavy (non-hydrogen) atoms. The largest absolute Gasteiger partial charge is 0.322 e. The van der Waals surface area contributed by atoms with Crippen LogP contribution >= 0.6 is 11.6 Å². The molecule has 5 aromatic rings. The molecule has 3 aromatic carbocycles. The Morgan fingerprint density at radius 2 is 1.82 bits per heavy atom. The van der Waals surface area contributed by atoms with E-state index < -0.39 is 0 Å². The predicted molar refractivity (Wildman–Crippen MR) is 156 cm³/mol. The fourth-order valence-electron chi connectivity index (χ4n) is 5.46. The SMILES string of the molecule is CCc1nn(-c2ccccc2)c2c1CN(C(=O)Nc1cc(Cl)ccc1C)[C@H](c1cccc(C)c1)c1cccn1-2. The first-order valence-electron chi connectivity index (χ1n) is 13.2. The summed E-state index contributed by atoms with van der Waals surface area (Å²) >= 11 is 6.29. The molecular formula is C32H30ClN5O. The Morgan fingerprint density at radius 3 is 2.59 bits per heavy atom. The number of aromatic nitrogens is 3. The molecule has 196 valence electrons. The number of hydrogen-bond donors (Lipinski definition) is 1. The van der Waals surface area contributed by atoms with Gasteiger partial charge in [-0.2, -0.15) is 5.10 Å². The number of rotatable bonds is 4. The standard InChI is InChI=1S/C32H30ClN5O/c1-4-27-26-20-37(32(39)34-28-19-24(33)16-15-22(28)3)30(23-11-8-10-21(2)18-23)29-14-9-17-36(29)31(26)38(35-27)25-12-6-5-7-13-25/h5-19,30H,4,20H2,1-3H3,(H,34,39)/t30-/m1/s1. The van der Waals surface area contributed by atoms with E-state index in [4.69, 9.17) is 16.7 Å². The van der Waals surface area contributed by atoms with Crippen molar-refractivity contribution in [3.8, 4) is 11.5 Å². The molecule has 1 aliphatic rings. The van der Waals surface area contributed by atoms with E-state index in [2.05, 4.69) is 72.4 Å². The van der Waals surface area contributed by atoms with Crippen molar-refractivity contribution in [2.24, 2.45) is 0 Å². The average Bonchev–Trinajstić information content (AvgIpc) is 3.52. The Labute approximate surface area is 233 Å². The van der Waals surface area contributed by atoms with E-state index in [-0.39, 0.29) is 12.1 Å². The topological polar surface area (TPSA) is 55.1 Å². The summed E-state index contributed by atoms with van der Waals surface area (Å²) in [4.78, 5) is 16.1. The highest BCUT2D eigenvalue weighted by Crippen LogP contribution is 2.39. The Bertz CT molecular complexity index is 1670. The number of carbonyl (C=O) groups excluding carboxylic acids is 1. The van der Waals surface area contributed by atoms with Gasteiger partial charge in [-0.25, -0.2) is 9.48 Å². The first kappa shape index (κ1) is 25.0. The highest BCUT2D eigenvalue weighted by Gasteiger charge is 2.36. The highest BCUT2D eigenvalue weighted by molar-refractivity contribution is 6.31. The molecule has 0 saturated carbocycles. The third-order valence-corrected chi connectivity index (χ3v) is 7.60. The lowest BCUT2D eigenvalue weighted by atomic mass is 10.00. The van der Waals surface area contributed by atoms with E-state index in [9.17, 15) is 4.79 Å². The normalized spacial score (nSPS) is 14.5. The fourth-order valence-corrected chi connectivity index (χ4v) is 5.63. The van der Waals surface area contributed by atoms with Crippen LogP contribution in [0.25, 0.3) is 11.5 Å². The van der Waals surface area contributed by atoms with E-state index in [0.29, 0.717) is 17.3 Å². The first-order chi connectivity index (χ1) is 18.9. The Hall–Kier alpha value is -4.29. The van der Waals surface area contributed by atoms with E-state index >= 15 is 0 Å². The molecule has 0 fully saturated rings. The van der Waals surface area contributed by atoms with E-state index in [1.807, 2.05) is 52.9 Å². The molecule has 1 N–H and O–H groups in total. The van der Waals surface area contributed by atoms with Crippen LogP contribution in [0.2, 0.25) is 5.02 Å². The highest BCUT2D eigenvalue weighted by atomic mass is 35.5. The molecule has 2 aromatic heterocycles. The third-order valence-electron chi connectivity index (χ3n) is 7.36. The molecule has 0 saturated heterocycles. The number of urea groups is 1. The number of aryl methyl sites for hydroxylation is 3. The first-order valence-corrected chi connectivity index (χ1v) is 13.6. The van der Waals surface area contributed by atoms with Crippen molar-refractivity contribution >= 4 is 23.3 Å². The summed E-state index contributed by atoms with van der Waals surface area (Å²) in [5.74, 6) is 0.963. The van der Waals surface area contributed by atoms with Gasteiger partial charge in [0.1, 0.15) is 5.82 Å². The van der Waals surface area contributed by atoms with Crippen LogP contribution in [0.4, 0.5) is 10.5 Å². The minimum absolute atomic E-state index is 0.193. The third kappa shape index (κ3) is 4.51. The minimum Gasteiger partial charge on any atom is -0.307 e. The van der Waals surface area contributed by atoms with Crippen molar-refractivity contribution in [2.75, 3.05) is 5.32 Å². The summed E-state index contributed by atoms with van der Waals surface area (Å²) < 4.78 is 4.20. The molecule has 6 rings (SSSR count). The lowest BCUT2D eigenvalue weighted by molar-refractivity contribution is 0.194. The number of carbonyl (C=O) groups is 1. The maximum absolute atomic E-state index is 14.2. The lowest BCUT2D eigenvalue weighted by Gasteiger charge is -2.31. The number of amides is 2. The van der Waals surface area contributed by atoms with E-state index in [1.54, 1.807) is 6.07 Å². The van der Waals surface area contributed by atoms with Crippen molar-refractivity contribution in [3.05, 3.63) is 130 Å². The van der Waals surface area contributed by atoms with E-state index in [1.165, 1.54) is 0 Å². The fraction of sp³-hybridized carbons (Fsp3) is 0.188. The second-order valence-corrected chi connectivity index (χ2v) is 10.4. The molecule has 0 unspecified atom stereocenters. The van der Waals surface area contributed by atoms with Crippen LogP contribution in [0.5, 0.6) is 0 Å². The van der Waals surface area contributed by atoms with Gasteiger partial charge >= 0.3 is 6.03 Å². The molecule has 1 atom stereocenters. The Morgan fingerprint density at radius 1 is 1.00 bits per heavy atom. The average molecular weight is 536 g/mol. The summed E-state index contributed by atoms with van der Waals surface area (Å²) in [6.45, 7) is 6.55. The van der Waals surface area contributed by atoms with Gasteiger partial charge in [0.2, 0.25) is 0 Å². The summed E-state index contributed by atoms with van der Waals surface area (Å²) in [5, 5.41) is 8.77. The van der Waals surface area contributed by atoms with Crippen molar-refractivity contribution < 1.29 is 4.79 Å². The van der Waals surface area contributed by atoms with Crippen LogP contribution in [0.15, 0.2) is 91.1 Å². The van der Waals surface area contributed by atoms with Gasteiger partial charge in [0.15, 0.2) is 0 Å². The molecule has 0 spiro atoms. The van der Waals surface area contributed by atoms with Gasteiger partial charge in [-0.3, -0.25) is 0 Å². The van der Waals surface area contributed by atoms with E-state index in [0.717, 1.165) is 51.6 Å². The number of nitrogens with zero attached hydrogens (tertiary/aromatic N) is 4. The lowest BCUT2D eigenvalue weighted by Crippen LogP contribution is -2.38. The van der Waals surface area contributed by atoms with Gasteiger partial charge in [-0.1, -0.05) is 72.6 Å². The van der Waals surface area contributed by atoms with Gasteiger partial charge < -0.3 is 14.8 Å². The van der Waals surface area contributed by atoms with Gasteiger partial charge in [0.05, 0.1) is 29.7 Å². The molecule has 7 heteroatoms. The number of fused-ring (bicyclic) bond motifs is 3. The van der Waals surface area contributed by atoms with Crippen molar-refractivity contribution in [1.82, 2.24) is 19.2 Å². The van der Waals surface area contributed by atoms with Crippen molar-refractivity contribution in [2.45, 2.75) is 39.8 Å². The summed E-state index contributed by atoms with van der Waals surface area (Å²) in [6.07, 6.45) is 2.82. The summed E-state index contributed by atoms with van der Waals surface area (Å²) in [5.41, 5.74) is 7.82. The molecule has 1 aliphatic heterocycles. The second-order valence-electron chi connectivity index (χ2n) is 9.99. The van der Waals surface area contributed by atoms with Crippen LogP contribution in [0.1, 0.15) is 46.6 Å². The maximum atomic E-state index is 14.2. The number of para-hydroxylation sites is 1. The zero-order valence-electron chi connectivity index (χ0n) is 22.2. The van der Waals surface area contributed by atoms with Crippen LogP contribution in [0, 0.1) is 13.8 Å². The van der Waals surface area contributed by atoms with Crippen molar-refractivity contribution in [1.29, 1.82) is 0 Å². The summed E-state index contributed by atoms with van der Waals surface area (Å²) in [7, 11) is 0. The van der Waals surface area contributed by atoms with Gasteiger partial charge in [0, 0.05) is 22.5 Å². The quantitative estimate of drug-likeness (QED) is 0.257. The number of benzene rings is 3. The minimum atomic E-state index is -0.319. The van der Waals surface area contributed by atoms with Crippen LogP contribution in [0.3, 0.4) is 0 Å². The molecule has 2 amide bonds. The second kappa shape index (κ2) is 10.1. The molecule has 0 radical (unpaired) electrons. The number of anilines is 1. The predicted octanol–water partition coefficient (Wildman–Crippen LogP) is 7.63. The molecule has 0 aliphatic carbocycles. The monoisotopic (exact) mass is 535 g/mol. The maximum Gasteiger partial charge on any atom is 0.322 e. The van der Waals surface area contributed by atoms with Crippen LogP contribution in [-0.4, -0.2) is 25.3 Å². The zero-order chi connectivity index (χ0) is 27.1. The van der Waals surface area contributed by atoms with Gasteiger partial charge in [-0.15, -0.1) is 0 Å². The molecule has 3 heterocycles. The molecule has 6 nitrogen and oxygen atoms in total. The summed E-state index contributed by atoms with van der Waals surface area (Å²) in [6, 6.07) is 27.7. The molecule has 0 bridgehead atoms. The van der Waals surface area contributed by atoms with Crippen molar-refractivity contribution in [3.63, 3.8) is 0 Å². The number of nitrogens with one attached hydrogen (secondary N) is 1. The smallest absolute Gasteiger partial charge is 0.307 e. The zero-order valence-corrected chi connectivity index (χ0v) is 23.0. The van der Waals surface area contributed by atoms with Gasteiger partial charge in [-0.05, 0) is 67.8 Å². The van der Waals surface area contributed by atoms with Crippen LogP contribution in [-0.2, 0) is 13.0 Å². The number of halogens is 1. The Balaban J connectivity index is 1.56.